The van der Waals surface area contributed by atoms with Gasteiger partial charge < -0.3 is 4.74 Å². The maximum atomic E-state index is 12.5. The number of ether oxygens (including phenoxy) is 1. The monoisotopic (exact) mass is 831 g/mol. The van der Waals surface area contributed by atoms with E-state index in [0.717, 1.165) is 65.6 Å². The lowest BCUT2D eigenvalue weighted by molar-refractivity contribution is -0.161. The number of fused-ring (bicyclic) bond motifs is 1. The van der Waals surface area contributed by atoms with Gasteiger partial charge in [-0.25, -0.2) is 4.79 Å². The van der Waals surface area contributed by atoms with Crippen molar-refractivity contribution >= 4 is 16.7 Å². The van der Waals surface area contributed by atoms with Crippen molar-refractivity contribution in [2.24, 2.45) is 57.2 Å². The number of carbonyl (C=O) groups excluding carboxylic acids is 1. The Labute approximate surface area is 375 Å². The van der Waals surface area contributed by atoms with Gasteiger partial charge in [-0.3, -0.25) is 0 Å². The molecule has 0 aliphatic heterocycles. The van der Waals surface area contributed by atoms with E-state index in [4.69, 9.17) is 4.74 Å². The van der Waals surface area contributed by atoms with Crippen molar-refractivity contribution in [1.82, 2.24) is 0 Å². The Bertz CT molecular complexity index is 2190. The highest BCUT2D eigenvalue weighted by molar-refractivity contribution is 5.89. The molecule has 0 heterocycles. The molecule has 12 bridgehead atoms. The molecule has 12 saturated carbocycles. The molecular formula is C60H78O2. The number of hydrogen-bond acceptors (Lipinski definition) is 2. The van der Waals surface area contributed by atoms with E-state index in [-0.39, 0.29) is 11.6 Å². The van der Waals surface area contributed by atoms with Crippen LogP contribution in [0.2, 0.25) is 0 Å². The third kappa shape index (κ3) is 8.61. The minimum atomic E-state index is -0.166. The van der Waals surface area contributed by atoms with Crippen LogP contribution < -0.4 is 0 Å². The van der Waals surface area contributed by atoms with Crippen molar-refractivity contribution in [2.75, 3.05) is 0 Å². The fourth-order valence-corrected chi connectivity index (χ4v) is 18.3. The Hall–Kier alpha value is -3.39. The SMILES string of the molecule is CC12CC3CC(C1)CC(C)(C3)C2.Cc1ccc(C(=O)OC23CC4CC(CC(C)(C4)C2)C3)cc1.Cc1ccc(C23CC4CC(CC(C)(C4)C2)C3)cc1.Cc1cccc2ccccc12. The number of esters is 1. The molecule has 0 spiro atoms. The third-order valence-electron chi connectivity index (χ3n) is 18.6. The van der Waals surface area contributed by atoms with Crippen molar-refractivity contribution in [2.45, 2.75) is 175 Å². The van der Waals surface area contributed by atoms with Crippen molar-refractivity contribution < 1.29 is 9.53 Å². The fourth-order valence-electron chi connectivity index (χ4n) is 18.3. The second-order valence-electron chi connectivity index (χ2n) is 25.5. The summed E-state index contributed by atoms with van der Waals surface area (Å²) >= 11 is 0. The van der Waals surface area contributed by atoms with E-state index in [1.54, 1.807) is 37.7 Å². The molecule has 4 aromatic rings. The van der Waals surface area contributed by atoms with E-state index in [9.17, 15) is 4.79 Å². The van der Waals surface area contributed by atoms with Crippen molar-refractivity contribution in [3.63, 3.8) is 0 Å². The molecule has 2 heteroatoms. The molecule has 0 saturated heterocycles. The van der Waals surface area contributed by atoms with Gasteiger partial charge in [0.25, 0.3) is 0 Å². The summed E-state index contributed by atoms with van der Waals surface area (Å²) < 4.78 is 6.10. The lowest BCUT2D eigenvalue weighted by Gasteiger charge is -2.61. The van der Waals surface area contributed by atoms with E-state index < -0.39 is 0 Å². The second kappa shape index (κ2) is 15.7. The van der Waals surface area contributed by atoms with Gasteiger partial charge in [0.2, 0.25) is 0 Å². The maximum Gasteiger partial charge on any atom is 0.338 e. The van der Waals surface area contributed by atoms with Gasteiger partial charge in [0.05, 0.1) is 5.56 Å². The van der Waals surface area contributed by atoms with E-state index >= 15 is 0 Å². The third-order valence-corrected chi connectivity index (χ3v) is 18.6. The number of carbonyl (C=O) groups is 1. The Morgan fingerprint density at radius 2 is 0.903 bits per heavy atom. The summed E-state index contributed by atoms with van der Waals surface area (Å²) in [6, 6.07) is 32.0. The molecule has 12 fully saturated rings. The minimum absolute atomic E-state index is 0.124. The zero-order valence-corrected chi connectivity index (χ0v) is 39.7. The highest BCUT2D eigenvalue weighted by Gasteiger charge is 2.59. The van der Waals surface area contributed by atoms with Crippen molar-refractivity contribution in [3.8, 4) is 0 Å². The topological polar surface area (TPSA) is 26.3 Å². The minimum Gasteiger partial charge on any atom is -0.455 e. The second-order valence-corrected chi connectivity index (χ2v) is 25.5. The van der Waals surface area contributed by atoms with Crippen LogP contribution in [0.5, 0.6) is 0 Å². The molecule has 0 radical (unpaired) electrons. The molecule has 0 N–H and O–H groups in total. The summed E-state index contributed by atoms with van der Waals surface area (Å²) in [4.78, 5) is 12.5. The first-order chi connectivity index (χ1) is 29.5. The highest BCUT2D eigenvalue weighted by Crippen LogP contribution is 2.67. The van der Waals surface area contributed by atoms with Crippen LogP contribution in [-0.2, 0) is 10.2 Å². The molecule has 4 unspecified atom stereocenters. The smallest absolute Gasteiger partial charge is 0.338 e. The first-order valence-corrected chi connectivity index (χ1v) is 25.3. The summed E-state index contributed by atoms with van der Waals surface area (Å²) in [6.07, 6.45) is 25.6. The first-order valence-electron chi connectivity index (χ1n) is 25.3. The number of benzene rings is 4. The van der Waals surface area contributed by atoms with Crippen LogP contribution in [-0.4, -0.2) is 11.6 Å². The van der Waals surface area contributed by atoms with Crippen molar-refractivity contribution in [3.05, 3.63) is 119 Å². The quantitative estimate of drug-likeness (QED) is 0.192. The zero-order chi connectivity index (χ0) is 43.1. The van der Waals surface area contributed by atoms with Crippen molar-refractivity contribution in [1.29, 1.82) is 0 Å². The van der Waals surface area contributed by atoms with E-state index in [2.05, 4.69) is 108 Å². The zero-order valence-electron chi connectivity index (χ0n) is 39.7. The van der Waals surface area contributed by atoms with E-state index in [1.165, 1.54) is 91.7 Å². The molecule has 16 rings (SSSR count). The molecule has 0 amide bonds. The molecule has 12 aliphatic rings. The average Bonchev–Trinajstić information content (AvgIpc) is 3.16. The maximum absolute atomic E-state index is 12.5. The van der Waals surface area contributed by atoms with Gasteiger partial charge in [0.1, 0.15) is 5.60 Å². The summed E-state index contributed by atoms with van der Waals surface area (Å²) in [6.45, 7) is 16.4. The number of hydrogen-bond donors (Lipinski definition) is 0. The van der Waals surface area contributed by atoms with Crippen LogP contribution >= 0.6 is 0 Å². The van der Waals surface area contributed by atoms with Gasteiger partial charge in [-0.05, 0) is 233 Å². The average molecular weight is 831 g/mol. The van der Waals surface area contributed by atoms with Gasteiger partial charge >= 0.3 is 5.97 Å². The van der Waals surface area contributed by atoms with Gasteiger partial charge in [-0.15, -0.1) is 0 Å². The van der Waals surface area contributed by atoms with Crippen LogP contribution in [0.25, 0.3) is 10.8 Å². The largest absolute Gasteiger partial charge is 0.455 e. The lowest BCUT2D eigenvalue weighted by Crippen LogP contribution is -2.56. The Morgan fingerprint density at radius 3 is 1.39 bits per heavy atom. The lowest BCUT2D eigenvalue weighted by atomic mass is 9.43. The molecule has 12 aliphatic carbocycles. The molecule has 4 atom stereocenters. The van der Waals surface area contributed by atoms with Gasteiger partial charge in [0.15, 0.2) is 0 Å². The van der Waals surface area contributed by atoms with Gasteiger partial charge in [-0.1, -0.05) is 118 Å². The number of rotatable bonds is 3. The fraction of sp³-hybridized carbons (Fsp3) is 0.617. The highest BCUT2D eigenvalue weighted by atomic mass is 16.6. The summed E-state index contributed by atoms with van der Waals surface area (Å²) in [5, 5.41) is 2.68. The summed E-state index contributed by atoms with van der Waals surface area (Å²) in [5.41, 5.74) is 9.25. The predicted octanol–water partition coefficient (Wildman–Crippen LogP) is 16.1. The van der Waals surface area contributed by atoms with Gasteiger partial charge in [-0.2, -0.15) is 0 Å². The van der Waals surface area contributed by atoms with Gasteiger partial charge in [0, 0.05) is 0 Å². The van der Waals surface area contributed by atoms with Crippen LogP contribution in [0.15, 0.2) is 91.0 Å². The van der Waals surface area contributed by atoms with E-state index in [1.807, 2.05) is 31.2 Å². The Morgan fingerprint density at radius 1 is 0.468 bits per heavy atom. The molecule has 330 valence electrons. The molecule has 0 aromatic heterocycles. The molecule has 4 aromatic carbocycles. The van der Waals surface area contributed by atoms with E-state index in [0.29, 0.717) is 21.8 Å². The predicted molar refractivity (Wildman–Crippen MR) is 257 cm³/mol. The first kappa shape index (κ1) is 42.6. The van der Waals surface area contributed by atoms with Crippen LogP contribution in [0.1, 0.15) is 176 Å². The van der Waals surface area contributed by atoms with Crippen LogP contribution in [0, 0.1) is 77.9 Å². The molecule has 2 nitrogen and oxygen atoms in total. The summed E-state index contributed by atoms with van der Waals surface area (Å²) in [5.74, 6) is 5.71. The molecule has 62 heavy (non-hydrogen) atoms. The van der Waals surface area contributed by atoms with Crippen LogP contribution in [0.3, 0.4) is 0 Å². The van der Waals surface area contributed by atoms with Crippen LogP contribution in [0.4, 0.5) is 0 Å². The Kier molecular flexibility index (Phi) is 10.7. The molecular weight excluding hydrogens is 753 g/mol. The summed E-state index contributed by atoms with van der Waals surface area (Å²) in [7, 11) is 0. The normalized spacial score (nSPS) is 40.8. The number of aryl methyl sites for hydroxylation is 3. The standard InChI is InChI=1S/C19H24O2.C18H24.C12H20.C11H10/c1-13-3-5-16(6-4-13)17(20)21-19-10-14-7-15(11-19)9-18(2,8-14)12-19;1-13-3-5-16(6-4-13)18-10-14-7-15(11-18)9-17(2,8-14)12-18;1-11-4-9-3-10(5-11)7-12(2,6-9)8-11;1-9-5-4-7-10-6-2-3-8-11(9)10/h3-6,14-15H,7-12H2,1-2H3;3-6,14-15H,7-12H2,1-2H3;9-10H,3-8H2,1-2H3;2-8H,1H3. The Balaban J connectivity index is 0.000000102.